The SMILES string of the molecule is CC(C)=CCC=C(C)CC[C@@]1(CCC(C)C)C(=O)C2=C(O[C@H](C)[C@@H](C)C2=O)C([C@H](CC(=O)O)c2ccccc2)=C1O. The van der Waals surface area contributed by atoms with E-state index in [1.54, 1.807) is 13.8 Å². The van der Waals surface area contributed by atoms with E-state index in [4.69, 9.17) is 4.74 Å². The van der Waals surface area contributed by atoms with Crippen LogP contribution in [-0.4, -0.2) is 33.9 Å². The van der Waals surface area contributed by atoms with Gasteiger partial charge in [-0.1, -0.05) is 74.4 Å². The summed E-state index contributed by atoms with van der Waals surface area (Å²) in [5.41, 5.74) is 1.87. The van der Waals surface area contributed by atoms with Gasteiger partial charge in [-0.2, -0.15) is 0 Å². The van der Waals surface area contributed by atoms with Crippen molar-refractivity contribution in [3.8, 4) is 0 Å². The fourth-order valence-corrected chi connectivity index (χ4v) is 5.73. The summed E-state index contributed by atoms with van der Waals surface area (Å²) in [4.78, 5) is 40.5. The molecule has 0 bridgehead atoms. The molecule has 0 fully saturated rings. The molecular formula is C35H46O6. The van der Waals surface area contributed by atoms with Crippen LogP contribution < -0.4 is 0 Å². The molecule has 1 aliphatic carbocycles. The third-order valence-electron chi connectivity index (χ3n) is 8.53. The number of carbonyl (C=O) groups is 3. The van der Waals surface area contributed by atoms with Crippen LogP contribution in [0.25, 0.3) is 0 Å². The number of carboxylic acids is 1. The van der Waals surface area contributed by atoms with Gasteiger partial charge >= 0.3 is 5.97 Å². The largest absolute Gasteiger partial charge is 0.511 e. The van der Waals surface area contributed by atoms with Crippen molar-refractivity contribution >= 4 is 17.5 Å². The lowest BCUT2D eigenvalue weighted by atomic mass is 9.62. The molecule has 0 radical (unpaired) electrons. The van der Waals surface area contributed by atoms with Gasteiger partial charge in [-0.25, -0.2) is 0 Å². The van der Waals surface area contributed by atoms with Crippen LogP contribution in [0.1, 0.15) is 98.5 Å². The smallest absolute Gasteiger partial charge is 0.304 e. The first-order valence-electron chi connectivity index (χ1n) is 14.8. The Morgan fingerprint density at radius 2 is 1.71 bits per heavy atom. The fraction of sp³-hybridized carbons (Fsp3) is 0.514. The van der Waals surface area contributed by atoms with Gasteiger partial charge in [-0.05, 0) is 71.3 Å². The first-order chi connectivity index (χ1) is 19.3. The highest BCUT2D eigenvalue weighted by molar-refractivity contribution is 6.25. The van der Waals surface area contributed by atoms with Crippen molar-refractivity contribution in [2.45, 2.75) is 99.0 Å². The van der Waals surface area contributed by atoms with E-state index in [1.807, 2.05) is 51.1 Å². The topological polar surface area (TPSA) is 101 Å². The second-order valence-electron chi connectivity index (χ2n) is 12.4. The maximum atomic E-state index is 14.5. The van der Waals surface area contributed by atoms with Gasteiger partial charge in [0.25, 0.3) is 0 Å². The molecule has 1 aromatic rings. The molecule has 222 valence electrons. The molecule has 0 aromatic heterocycles. The van der Waals surface area contributed by atoms with Crippen molar-refractivity contribution in [2.24, 2.45) is 17.3 Å². The van der Waals surface area contributed by atoms with Crippen molar-refractivity contribution in [1.29, 1.82) is 0 Å². The minimum atomic E-state index is -1.35. The van der Waals surface area contributed by atoms with E-state index < -0.39 is 35.1 Å². The van der Waals surface area contributed by atoms with Gasteiger partial charge in [0.05, 0.1) is 17.8 Å². The van der Waals surface area contributed by atoms with E-state index in [0.717, 1.165) is 12.0 Å². The predicted octanol–water partition coefficient (Wildman–Crippen LogP) is 8.02. The maximum absolute atomic E-state index is 14.5. The van der Waals surface area contributed by atoms with Crippen LogP contribution in [0.2, 0.25) is 0 Å². The zero-order chi connectivity index (χ0) is 30.5. The number of hydrogen-bond donors (Lipinski definition) is 2. The quantitative estimate of drug-likeness (QED) is 0.198. The van der Waals surface area contributed by atoms with Crippen LogP contribution in [0, 0.1) is 17.3 Å². The summed E-state index contributed by atoms with van der Waals surface area (Å²) >= 11 is 0. The number of rotatable bonds is 12. The molecule has 6 nitrogen and oxygen atoms in total. The molecule has 0 saturated heterocycles. The molecule has 0 saturated carbocycles. The Balaban J connectivity index is 2.28. The Bertz CT molecular complexity index is 1270. The number of hydrogen-bond acceptors (Lipinski definition) is 5. The predicted molar refractivity (Wildman–Crippen MR) is 161 cm³/mol. The summed E-state index contributed by atoms with van der Waals surface area (Å²) in [5, 5.41) is 22.2. The second kappa shape index (κ2) is 13.5. The van der Waals surface area contributed by atoms with Crippen LogP contribution in [0.3, 0.4) is 0 Å². The second-order valence-corrected chi connectivity index (χ2v) is 12.4. The number of aliphatic hydroxyl groups excluding tert-OH is 1. The number of aliphatic hydroxyl groups is 1. The number of Topliss-reactive ketones (excluding diaryl/α,β-unsaturated/α-hetero) is 2. The fourth-order valence-electron chi connectivity index (χ4n) is 5.73. The highest BCUT2D eigenvalue weighted by Crippen LogP contribution is 2.53. The molecule has 0 unspecified atom stereocenters. The van der Waals surface area contributed by atoms with Gasteiger partial charge in [0.2, 0.25) is 0 Å². The van der Waals surface area contributed by atoms with E-state index in [9.17, 15) is 24.6 Å². The van der Waals surface area contributed by atoms with E-state index in [-0.39, 0.29) is 40.8 Å². The third kappa shape index (κ3) is 7.09. The third-order valence-corrected chi connectivity index (χ3v) is 8.53. The highest BCUT2D eigenvalue weighted by Gasteiger charge is 2.55. The molecule has 4 atom stereocenters. The Morgan fingerprint density at radius 1 is 1.05 bits per heavy atom. The number of aliphatic carboxylic acids is 1. The van der Waals surface area contributed by atoms with Crippen molar-refractivity contribution in [3.05, 3.63) is 81.9 Å². The minimum Gasteiger partial charge on any atom is -0.511 e. The molecule has 2 aliphatic rings. The Hall–Kier alpha value is -3.41. The molecule has 1 aliphatic heterocycles. The van der Waals surface area contributed by atoms with Crippen molar-refractivity contribution in [3.63, 3.8) is 0 Å². The van der Waals surface area contributed by atoms with E-state index in [1.165, 1.54) is 5.57 Å². The van der Waals surface area contributed by atoms with Crippen molar-refractivity contribution in [1.82, 2.24) is 0 Å². The standard InChI is InChI=1S/C35H46O6/c1-21(2)12-11-13-23(5)17-19-35(18-16-22(3)4)33(39)29(27(20-28(36)37)26-14-9-8-10-15-26)32-30(34(35)40)31(38)24(6)25(7)41-32/h8-10,12-15,22,24-25,27,39H,11,16-20H2,1-7H3,(H,36,37)/t24-,25-,27-,35-/m1/s1. The molecule has 41 heavy (non-hydrogen) atoms. The van der Waals surface area contributed by atoms with Crippen LogP contribution in [0.4, 0.5) is 0 Å². The molecule has 2 N–H and O–H groups in total. The number of allylic oxidation sites excluding steroid dienone is 7. The van der Waals surface area contributed by atoms with Gasteiger partial charge in [-0.3, -0.25) is 14.4 Å². The van der Waals surface area contributed by atoms with E-state index in [2.05, 4.69) is 26.0 Å². The van der Waals surface area contributed by atoms with Crippen LogP contribution in [-0.2, 0) is 19.1 Å². The summed E-state index contributed by atoms with van der Waals surface area (Å²) in [6.07, 6.45) is 6.06. The molecule has 1 aromatic carbocycles. The first-order valence-corrected chi connectivity index (χ1v) is 14.8. The maximum Gasteiger partial charge on any atom is 0.304 e. The average molecular weight is 563 g/mol. The molecule has 1 heterocycles. The molecule has 0 amide bonds. The summed E-state index contributed by atoms with van der Waals surface area (Å²) in [7, 11) is 0. The average Bonchev–Trinajstić information content (AvgIpc) is 2.90. The first kappa shape index (κ1) is 32.1. The minimum absolute atomic E-state index is 0.0235. The number of carboxylic acid groups (broad SMARTS) is 1. The van der Waals surface area contributed by atoms with Gasteiger partial charge in [-0.15, -0.1) is 0 Å². The van der Waals surface area contributed by atoms with E-state index in [0.29, 0.717) is 31.2 Å². The zero-order valence-electron chi connectivity index (χ0n) is 25.6. The monoisotopic (exact) mass is 562 g/mol. The highest BCUT2D eigenvalue weighted by atomic mass is 16.5. The van der Waals surface area contributed by atoms with Gasteiger partial charge in [0, 0.05) is 11.5 Å². The van der Waals surface area contributed by atoms with Crippen LogP contribution >= 0.6 is 0 Å². The van der Waals surface area contributed by atoms with E-state index >= 15 is 0 Å². The summed E-state index contributed by atoms with van der Waals surface area (Å²) in [5.74, 6) is -2.94. The lowest BCUT2D eigenvalue weighted by molar-refractivity contribution is -0.137. The Kier molecular flexibility index (Phi) is 10.6. The molecular weight excluding hydrogens is 516 g/mol. The van der Waals surface area contributed by atoms with Gasteiger partial charge < -0.3 is 14.9 Å². The van der Waals surface area contributed by atoms with Crippen molar-refractivity contribution in [2.75, 3.05) is 0 Å². The summed E-state index contributed by atoms with van der Waals surface area (Å²) < 4.78 is 6.24. The van der Waals surface area contributed by atoms with Gasteiger partial charge in [0.15, 0.2) is 11.6 Å². The normalized spacial score (nSPS) is 23.9. The Morgan fingerprint density at radius 3 is 2.29 bits per heavy atom. The lowest BCUT2D eigenvalue weighted by Crippen LogP contribution is -2.47. The molecule has 3 rings (SSSR count). The number of ether oxygens (including phenoxy) is 1. The van der Waals surface area contributed by atoms with Crippen molar-refractivity contribution < 1.29 is 29.3 Å². The summed E-state index contributed by atoms with van der Waals surface area (Å²) in [6, 6.07) is 9.09. The molecule has 0 spiro atoms. The number of carbonyl (C=O) groups excluding carboxylic acids is 2. The van der Waals surface area contributed by atoms with Crippen LogP contribution in [0.5, 0.6) is 0 Å². The Labute approximate surface area is 244 Å². The zero-order valence-corrected chi connectivity index (χ0v) is 25.6. The molecule has 6 heteroatoms. The van der Waals surface area contributed by atoms with Crippen LogP contribution in [0.15, 0.2) is 76.3 Å². The van der Waals surface area contributed by atoms with Gasteiger partial charge in [0.1, 0.15) is 23.2 Å². The summed E-state index contributed by atoms with van der Waals surface area (Å²) in [6.45, 7) is 13.8. The lowest BCUT2D eigenvalue weighted by Gasteiger charge is -2.43. The number of benzene rings is 1. The number of ketones is 2.